The molecule has 1 saturated carbocycles. The zero-order chi connectivity index (χ0) is 13.0. The van der Waals surface area contributed by atoms with Crippen LogP contribution in [0.4, 0.5) is 0 Å². The van der Waals surface area contributed by atoms with E-state index in [2.05, 4.69) is 0 Å². The SMILES string of the molecule is COc1ccc(C(Cl)C2CCCCCC2)cc1Cl. The second-order valence-corrected chi connectivity index (χ2v) is 5.92. The van der Waals surface area contributed by atoms with Gasteiger partial charge >= 0.3 is 0 Å². The van der Waals surface area contributed by atoms with E-state index in [0.717, 1.165) is 5.56 Å². The molecule has 1 atom stereocenters. The fraction of sp³-hybridized carbons (Fsp3) is 0.600. The molecular weight excluding hydrogens is 267 g/mol. The summed E-state index contributed by atoms with van der Waals surface area (Å²) in [4.78, 5) is 0. The van der Waals surface area contributed by atoms with Gasteiger partial charge in [0.1, 0.15) is 5.75 Å². The Kier molecular flexibility index (Phi) is 5.20. The van der Waals surface area contributed by atoms with Gasteiger partial charge in [-0.2, -0.15) is 0 Å². The molecule has 1 aliphatic rings. The van der Waals surface area contributed by atoms with Crippen LogP contribution in [0.25, 0.3) is 0 Å². The fourth-order valence-electron chi connectivity index (χ4n) is 2.73. The van der Waals surface area contributed by atoms with E-state index in [1.807, 2.05) is 18.2 Å². The maximum absolute atomic E-state index is 6.63. The van der Waals surface area contributed by atoms with Crippen molar-refractivity contribution in [1.82, 2.24) is 0 Å². The van der Waals surface area contributed by atoms with Gasteiger partial charge in [-0.25, -0.2) is 0 Å². The molecule has 0 saturated heterocycles. The Hall–Kier alpha value is -0.400. The quantitative estimate of drug-likeness (QED) is 0.519. The van der Waals surface area contributed by atoms with E-state index in [9.17, 15) is 0 Å². The highest BCUT2D eigenvalue weighted by atomic mass is 35.5. The molecule has 100 valence electrons. The first-order valence-corrected chi connectivity index (χ1v) is 7.51. The van der Waals surface area contributed by atoms with Crippen molar-refractivity contribution in [3.63, 3.8) is 0 Å². The van der Waals surface area contributed by atoms with Gasteiger partial charge in [-0.3, -0.25) is 0 Å². The van der Waals surface area contributed by atoms with E-state index in [1.54, 1.807) is 7.11 Å². The molecule has 0 bridgehead atoms. The van der Waals surface area contributed by atoms with Crippen LogP contribution in [0.5, 0.6) is 5.75 Å². The molecule has 1 aliphatic carbocycles. The summed E-state index contributed by atoms with van der Waals surface area (Å²) in [5.41, 5.74) is 1.12. The van der Waals surface area contributed by atoms with Crippen LogP contribution in [-0.4, -0.2) is 7.11 Å². The summed E-state index contributed by atoms with van der Waals surface area (Å²) >= 11 is 12.8. The Bertz CT molecular complexity index is 384. The molecule has 0 N–H and O–H groups in total. The third-order valence-electron chi connectivity index (χ3n) is 3.81. The van der Waals surface area contributed by atoms with Crippen LogP contribution in [0.1, 0.15) is 49.5 Å². The number of ether oxygens (including phenoxy) is 1. The standard InChI is InChI=1S/C15H20Cl2O/c1-18-14-9-8-12(10-13(14)16)15(17)11-6-4-2-3-5-7-11/h8-11,15H,2-7H2,1H3. The number of hydrogen-bond acceptors (Lipinski definition) is 1. The molecule has 0 amide bonds. The normalized spacial score (nSPS) is 19.3. The lowest BCUT2D eigenvalue weighted by molar-refractivity contribution is 0.414. The van der Waals surface area contributed by atoms with Gasteiger partial charge in [0.2, 0.25) is 0 Å². The first kappa shape index (κ1) is 14.0. The topological polar surface area (TPSA) is 9.23 Å². The minimum Gasteiger partial charge on any atom is -0.495 e. The van der Waals surface area contributed by atoms with E-state index in [-0.39, 0.29) is 5.38 Å². The van der Waals surface area contributed by atoms with Crippen LogP contribution in [0.2, 0.25) is 5.02 Å². The molecule has 3 heteroatoms. The monoisotopic (exact) mass is 286 g/mol. The third-order valence-corrected chi connectivity index (χ3v) is 4.71. The van der Waals surface area contributed by atoms with E-state index in [1.165, 1.54) is 38.5 Å². The van der Waals surface area contributed by atoms with Crippen molar-refractivity contribution in [3.05, 3.63) is 28.8 Å². The summed E-state index contributed by atoms with van der Waals surface area (Å²) in [5, 5.41) is 0.723. The van der Waals surface area contributed by atoms with Crippen LogP contribution in [0, 0.1) is 5.92 Å². The molecular formula is C15H20Cl2O. The van der Waals surface area contributed by atoms with Crippen molar-refractivity contribution in [2.45, 2.75) is 43.9 Å². The predicted octanol–water partition coefficient (Wildman–Crippen LogP) is 5.60. The second-order valence-electron chi connectivity index (χ2n) is 5.05. The van der Waals surface area contributed by atoms with Crippen molar-refractivity contribution < 1.29 is 4.74 Å². The minimum atomic E-state index is 0.0755. The fourth-order valence-corrected chi connectivity index (χ4v) is 3.38. The number of hydrogen-bond donors (Lipinski definition) is 0. The molecule has 1 unspecified atom stereocenters. The summed E-state index contributed by atoms with van der Waals surface area (Å²) in [7, 11) is 1.63. The van der Waals surface area contributed by atoms with Crippen molar-refractivity contribution in [2.24, 2.45) is 5.92 Å². The Balaban J connectivity index is 2.11. The molecule has 1 fully saturated rings. The van der Waals surface area contributed by atoms with Gasteiger partial charge < -0.3 is 4.74 Å². The van der Waals surface area contributed by atoms with Gasteiger partial charge in [0, 0.05) is 0 Å². The molecule has 1 aromatic rings. The molecule has 2 rings (SSSR count). The Morgan fingerprint density at radius 3 is 2.39 bits per heavy atom. The summed E-state index contributed by atoms with van der Waals surface area (Å²) < 4.78 is 5.17. The van der Waals surface area contributed by atoms with Gasteiger partial charge in [0.25, 0.3) is 0 Å². The van der Waals surface area contributed by atoms with Crippen LogP contribution >= 0.6 is 23.2 Å². The molecule has 0 radical (unpaired) electrons. The highest BCUT2D eigenvalue weighted by molar-refractivity contribution is 6.32. The van der Waals surface area contributed by atoms with E-state index in [4.69, 9.17) is 27.9 Å². The third kappa shape index (κ3) is 3.33. The van der Waals surface area contributed by atoms with Gasteiger partial charge in [-0.05, 0) is 36.5 Å². The lowest BCUT2D eigenvalue weighted by Gasteiger charge is -2.21. The zero-order valence-corrected chi connectivity index (χ0v) is 12.3. The Morgan fingerprint density at radius 2 is 1.83 bits per heavy atom. The van der Waals surface area contributed by atoms with Gasteiger partial charge in [0.05, 0.1) is 17.5 Å². The summed E-state index contributed by atoms with van der Waals surface area (Å²) in [5.74, 6) is 1.30. The molecule has 0 spiro atoms. The summed E-state index contributed by atoms with van der Waals surface area (Å²) in [6.07, 6.45) is 7.78. The molecule has 1 nitrogen and oxygen atoms in total. The number of rotatable bonds is 3. The smallest absolute Gasteiger partial charge is 0.137 e. The molecule has 0 aromatic heterocycles. The van der Waals surface area contributed by atoms with E-state index < -0.39 is 0 Å². The predicted molar refractivity (Wildman–Crippen MR) is 77.8 cm³/mol. The van der Waals surface area contributed by atoms with E-state index in [0.29, 0.717) is 16.7 Å². The highest BCUT2D eigenvalue weighted by Gasteiger charge is 2.22. The van der Waals surface area contributed by atoms with Gasteiger partial charge in [-0.1, -0.05) is 43.4 Å². The van der Waals surface area contributed by atoms with Crippen molar-refractivity contribution in [1.29, 1.82) is 0 Å². The van der Waals surface area contributed by atoms with Gasteiger partial charge in [0.15, 0.2) is 0 Å². The maximum Gasteiger partial charge on any atom is 0.137 e. The van der Waals surface area contributed by atoms with Crippen molar-refractivity contribution in [2.75, 3.05) is 7.11 Å². The second kappa shape index (κ2) is 6.68. The first-order valence-electron chi connectivity index (χ1n) is 6.70. The van der Waals surface area contributed by atoms with E-state index >= 15 is 0 Å². The molecule has 0 aliphatic heterocycles. The van der Waals surface area contributed by atoms with Crippen LogP contribution in [-0.2, 0) is 0 Å². The average molecular weight is 287 g/mol. The average Bonchev–Trinajstić information content (AvgIpc) is 2.66. The Morgan fingerprint density at radius 1 is 1.17 bits per heavy atom. The Labute approximate surface area is 119 Å². The highest BCUT2D eigenvalue weighted by Crippen LogP contribution is 2.39. The lowest BCUT2D eigenvalue weighted by Crippen LogP contribution is -2.07. The minimum absolute atomic E-state index is 0.0755. The molecule has 1 aromatic carbocycles. The van der Waals surface area contributed by atoms with Crippen LogP contribution in [0.15, 0.2) is 18.2 Å². The number of halogens is 2. The van der Waals surface area contributed by atoms with Gasteiger partial charge in [-0.15, -0.1) is 11.6 Å². The summed E-state index contributed by atoms with van der Waals surface area (Å²) in [6.45, 7) is 0. The maximum atomic E-state index is 6.63. The van der Waals surface area contributed by atoms with Crippen LogP contribution < -0.4 is 4.74 Å². The number of alkyl halides is 1. The largest absolute Gasteiger partial charge is 0.495 e. The van der Waals surface area contributed by atoms with Crippen molar-refractivity contribution in [3.8, 4) is 5.75 Å². The number of benzene rings is 1. The zero-order valence-electron chi connectivity index (χ0n) is 10.8. The summed E-state index contributed by atoms with van der Waals surface area (Å²) in [6, 6.07) is 5.89. The van der Waals surface area contributed by atoms with Crippen molar-refractivity contribution >= 4 is 23.2 Å². The van der Waals surface area contributed by atoms with Crippen LogP contribution in [0.3, 0.4) is 0 Å². The molecule has 0 heterocycles. The first-order chi connectivity index (χ1) is 8.72. The molecule has 18 heavy (non-hydrogen) atoms. The number of methoxy groups -OCH3 is 1. The lowest BCUT2D eigenvalue weighted by atomic mass is 9.92.